The molecule has 1 saturated heterocycles. The molecular formula is C12H10ClF3N2O3. The zero-order chi connectivity index (χ0) is 16.0. The van der Waals surface area contributed by atoms with Gasteiger partial charge in [-0.15, -0.1) is 0 Å². The van der Waals surface area contributed by atoms with Crippen LogP contribution >= 0.6 is 11.6 Å². The van der Waals surface area contributed by atoms with Crippen LogP contribution in [0.1, 0.15) is 12.5 Å². The highest BCUT2D eigenvalue weighted by molar-refractivity contribution is 6.31. The van der Waals surface area contributed by atoms with Crippen molar-refractivity contribution in [3.05, 3.63) is 28.8 Å². The summed E-state index contributed by atoms with van der Waals surface area (Å²) in [6.45, 7) is 0.599. The lowest BCUT2D eigenvalue weighted by molar-refractivity contribution is -0.137. The summed E-state index contributed by atoms with van der Waals surface area (Å²) in [6.07, 6.45) is -4.72. The first kappa shape index (κ1) is 15.6. The van der Waals surface area contributed by atoms with Gasteiger partial charge in [-0.05, 0) is 25.1 Å². The Kier molecular flexibility index (Phi) is 3.63. The second kappa shape index (κ2) is 4.88. The largest absolute Gasteiger partial charge is 0.417 e. The number of aliphatic hydroxyl groups is 1. The Bertz CT molecular complexity index is 620. The maximum absolute atomic E-state index is 12.8. The van der Waals surface area contributed by atoms with Crippen molar-refractivity contribution in [1.29, 1.82) is 0 Å². The Morgan fingerprint density at radius 3 is 2.48 bits per heavy atom. The summed E-state index contributed by atoms with van der Waals surface area (Å²) in [7, 11) is 0. The average Bonchev–Trinajstić information content (AvgIpc) is 2.61. The molecule has 0 saturated carbocycles. The van der Waals surface area contributed by atoms with Crippen LogP contribution in [0.4, 0.5) is 23.7 Å². The molecule has 0 radical (unpaired) electrons. The van der Waals surface area contributed by atoms with E-state index in [4.69, 9.17) is 16.7 Å². The van der Waals surface area contributed by atoms with E-state index in [1.165, 1.54) is 6.92 Å². The summed E-state index contributed by atoms with van der Waals surface area (Å²) in [6, 6.07) is 1.78. The lowest BCUT2D eigenvalue weighted by Crippen LogP contribution is -2.47. The Morgan fingerprint density at radius 2 is 2.00 bits per heavy atom. The summed E-state index contributed by atoms with van der Waals surface area (Å²) >= 11 is 5.48. The lowest BCUT2D eigenvalue weighted by Gasteiger charge is -2.19. The smallest absolute Gasteiger partial charge is 0.393 e. The molecule has 1 aliphatic rings. The van der Waals surface area contributed by atoms with Gasteiger partial charge in [-0.3, -0.25) is 4.79 Å². The number of benzene rings is 1. The fourth-order valence-corrected chi connectivity index (χ4v) is 2.12. The van der Waals surface area contributed by atoms with Crippen LogP contribution in [-0.2, 0) is 11.0 Å². The fourth-order valence-electron chi connectivity index (χ4n) is 1.90. The number of amides is 3. The maximum Gasteiger partial charge on any atom is 0.417 e. The first-order valence-electron chi connectivity index (χ1n) is 5.74. The normalized spacial score (nSPS) is 22.7. The molecule has 0 aliphatic carbocycles. The number of alkyl halides is 3. The number of nitrogens with zero attached hydrogens (tertiary/aromatic N) is 1. The minimum absolute atomic E-state index is 0.272. The minimum atomic E-state index is -4.72. The molecule has 1 unspecified atom stereocenters. The average molecular weight is 323 g/mol. The van der Waals surface area contributed by atoms with E-state index < -0.39 is 40.8 Å². The van der Waals surface area contributed by atoms with Crippen molar-refractivity contribution in [3.8, 4) is 0 Å². The van der Waals surface area contributed by atoms with E-state index in [0.717, 1.165) is 12.1 Å². The molecule has 1 atom stereocenters. The van der Waals surface area contributed by atoms with Crippen LogP contribution in [0.2, 0.25) is 5.02 Å². The summed E-state index contributed by atoms with van der Waals surface area (Å²) in [4.78, 5) is 24.4. The van der Waals surface area contributed by atoms with Crippen molar-refractivity contribution >= 4 is 29.2 Å². The predicted octanol–water partition coefficient (Wildman–Crippen LogP) is 2.17. The molecule has 1 aliphatic heterocycles. The van der Waals surface area contributed by atoms with Crippen molar-refractivity contribution in [2.45, 2.75) is 18.6 Å². The monoisotopic (exact) mass is 322 g/mol. The SMILES string of the molecule is CC1(CO)NC(=O)N(c2ccc(Cl)c(C(F)(F)F)c2)C1=O. The number of halogens is 4. The zero-order valence-corrected chi connectivity index (χ0v) is 11.4. The van der Waals surface area contributed by atoms with Gasteiger partial charge in [-0.2, -0.15) is 13.2 Å². The van der Waals surface area contributed by atoms with E-state index in [1.807, 2.05) is 0 Å². The van der Waals surface area contributed by atoms with E-state index in [9.17, 15) is 22.8 Å². The molecule has 9 heteroatoms. The Balaban J connectivity index is 2.49. The standard InChI is InChI=1S/C12H10ClF3N2O3/c1-11(5-19)9(20)18(10(21)17-11)6-2-3-8(13)7(4-6)12(14,15)16/h2-4,19H,5H2,1H3,(H,17,21). The number of rotatable bonds is 2. The number of aliphatic hydroxyl groups excluding tert-OH is 1. The van der Waals surface area contributed by atoms with Crippen LogP contribution < -0.4 is 10.2 Å². The molecule has 21 heavy (non-hydrogen) atoms. The molecule has 5 nitrogen and oxygen atoms in total. The van der Waals surface area contributed by atoms with Gasteiger partial charge in [-0.25, -0.2) is 9.69 Å². The van der Waals surface area contributed by atoms with Gasteiger partial charge in [0, 0.05) is 0 Å². The number of carbonyl (C=O) groups excluding carboxylic acids is 2. The summed E-state index contributed by atoms with van der Waals surface area (Å²) in [5.74, 6) is -0.842. The van der Waals surface area contributed by atoms with E-state index in [-0.39, 0.29) is 5.69 Å². The van der Waals surface area contributed by atoms with Gasteiger partial charge in [0.05, 0.1) is 22.9 Å². The van der Waals surface area contributed by atoms with Crippen molar-refractivity contribution < 1.29 is 27.9 Å². The molecule has 1 heterocycles. The first-order valence-corrected chi connectivity index (χ1v) is 6.12. The summed E-state index contributed by atoms with van der Waals surface area (Å²) in [5, 5.41) is 10.8. The van der Waals surface area contributed by atoms with Gasteiger partial charge in [0.25, 0.3) is 5.91 Å². The molecule has 1 aromatic rings. The number of nitrogens with one attached hydrogen (secondary N) is 1. The van der Waals surface area contributed by atoms with Crippen LogP contribution in [-0.4, -0.2) is 29.2 Å². The number of carbonyl (C=O) groups is 2. The number of anilines is 1. The minimum Gasteiger partial charge on any atom is -0.393 e. The van der Waals surface area contributed by atoms with E-state index in [0.29, 0.717) is 11.0 Å². The van der Waals surface area contributed by atoms with E-state index in [1.54, 1.807) is 0 Å². The second-order valence-corrected chi connectivity index (χ2v) is 5.13. The molecule has 0 aromatic heterocycles. The highest BCUT2D eigenvalue weighted by Gasteiger charge is 2.48. The third-order valence-corrected chi connectivity index (χ3v) is 3.42. The Morgan fingerprint density at radius 1 is 1.38 bits per heavy atom. The topological polar surface area (TPSA) is 69.6 Å². The van der Waals surface area contributed by atoms with Crippen molar-refractivity contribution in [2.24, 2.45) is 0 Å². The fraction of sp³-hybridized carbons (Fsp3) is 0.333. The highest BCUT2D eigenvalue weighted by atomic mass is 35.5. The maximum atomic E-state index is 12.8. The van der Waals surface area contributed by atoms with Gasteiger partial charge in [0.15, 0.2) is 0 Å². The predicted molar refractivity (Wildman–Crippen MR) is 68.0 cm³/mol. The molecule has 2 N–H and O–H groups in total. The summed E-state index contributed by atoms with van der Waals surface area (Å²) < 4.78 is 38.4. The number of urea groups is 1. The number of hydrogen-bond donors (Lipinski definition) is 2. The van der Waals surface area contributed by atoms with E-state index in [2.05, 4.69) is 5.32 Å². The van der Waals surface area contributed by atoms with Crippen molar-refractivity contribution in [3.63, 3.8) is 0 Å². The first-order chi connectivity index (χ1) is 9.60. The quantitative estimate of drug-likeness (QED) is 0.820. The Labute approximate surface area is 122 Å². The van der Waals surface area contributed by atoms with Gasteiger partial charge >= 0.3 is 12.2 Å². The van der Waals surface area contributed by atoms with Gasteiger partial charge in [-0.1, -0.05) is 11.6 Å². The molecule has 0 bridgehead atoms. The highest BCUT2D eigenvalue weighted by Crippen LogP contribution is 2.37. The molecule has 2 rings (SSSR count). The van der Waals surface area contributed by atoms with Gasteiger partial charge in [0.2, 0.25) is 0 Å². The Hall–Kier alpha value is -1.80. The molecule has 1 fully saturated rings. The van der Waals surface area contributed by atoms with Crippen LogP contribution in [0.5, 0.6) is 0 Å². The van der Waals surface area contributed by atoms with Crippen molar-refractivity contribution in [2.75, 3.05) is 11.5 Å². The van der Waals surface area contributed by atoms with Gasteiger partial charge in [0.1, 0.15) is 5.54 Å². The zero-order valence-electron chi connectivity index (χ0n) is 10.7. The molecule has 0 spiro atoms. The number of hydrogen-bond acceptors (Lipinski definition) is 3. The molecular weight excluding hydrogens is 313 g/mol. The van der Waals surface area contributed by atoms with Crippen LogP contribution in [0.15, 0.2) is 18.2 Å². The lowest BCUT2D eigenvalue weighted by atomic mass is 10.0. The van der Waals surface area contributed by atoms with Crippen LogP contribution in [0.25, 0.3) is 0 Å². The number of imide groups is 1. The molecule has 3 amide bonds. The summed E-state index contributed by atoms with van der Waals surface area (Å²) in [5.41, 5.74) is -2.99. The van der Waals surface area contributed by atoms with Crippen LogP contribution in [0, 0.1) is 0 Å². The van der Waals surface area contributed by atoms with Crippen LogP contribution in [0.3, 0.4) is 0 Å². The van der Waals surface area contributed by atoms with E-state index >= 15 is 0 Å². The third-order valence-electron chi connectivity index (χ3n) is 3.09. The van der Waals surface area contributed by atoms with Gasteiger partial charge < -0.3 is 10.4 Å². The molecule has 1 aromatic carbocycles. The second-order valence-electron chi connectivity index (χ2n) is 4.72. The third kappa shape index (κ3) is 2.56. The van der Waals surface area contributed by atoms with Crippen molar-refractivity contribution in [1.82, 2.24) is 5.32 Å². The molecule has 114 valence electrons.